The molecule has 1 unspecified atom stereocenters. The Balaban J connectivity index is 1.73. The van der Waals surface area contributed by atoms with Gasteiger partial charge in [-0.3, -0.25) is 9.59 Å². The highest BCUT2D eigenvalue weighted by atomic mass is 35.5. The minimum absolute atomic E-state index is 0.0209. The maximum absolute atomic E-state index is 12.9. The fourth-order valence-electron chi connectivity index (χ4n) is 3.22. The first kappa shape index (κ1) is 22.1. The molecule has 7 nitrogen and oxygen atoms in total. The van der Waals surface area contributed by atoms with Crippen LogP contribution in [0.4, 0.5) is 5.82 Å². The zero-order valence-electron chi connectivity index (χ0n) is 17.1. The van der Waals surface area contributed by atoms with Crippen molar-refractivity contribution in [1.29, 1.82) is 0 Å². The lowest BCUT2D eigenvalue weighted by atomic mass is 10.0. The largest absolute Gasteiger partial charge is 0.463 e. The van der Waals surface area contributed by atoms with E-state index >= 15 is 0 Å². The number of hydrogen-bond donors (Lipinski definition) is 1. The molecule has 30 heavy (non-hydrogen) atoms. The van der Waals surface area contributed by atoms with Crippen molar-refractivity contribution >= 4 is 29.3 Å². The Morgan fingerprint density at radius 2 is 1.93 bits per heavy atom. The van der Waals surface area contributed by atoms with Crippen molar-refractivity contribution in [1.82, 2.24) is 10.3 Å². The van der Waals surface area contributed by atoms with Crippen molar-refractivity contribution in [2.75, 3.05) is 31.2 Å². The number of rotatable bonds is 7. The molecular weight excluding hydrogens is 406 g/mol. The van der Waals surface area contributed by atoms with Gasteiger partial charge in [0.1, 0.15) is 5.82 Å². The molecule has 1 aromatic heterocycles. The standard InChI is InChI=1S/C22H26ClN3O4/c1-15(2)30-21(27)13-19(17-5-3-4-6-18(17)23)25-22(28)16-7-8-20(24-14-16)26-9-11-29-12-10-26/h3-8,14-15,19H,9-13H2,1-2H3,(H,25,28). The van der Waals surface area contributed by atoms with Gasteiger partial charge in [-0.05, 0) is 37.6 Å². The molecule has 1 aliphatic rings. The first-order valence-corrected chi connectivity index (χ1v) is 10.4. The molecule has 2 aromatic rings. The molecule has 1 atom stereocenters. The van der Waals surface area contributed by atoms with Gasteiger partial charge in [-0.2, -0.15) is 0 Å². The monoisotopic (exact) mass is 431 g/mol. The van der Waals surface area contributed by atoms with Gasteiger partial charge >= 0.3 is 5.97 Å². The second-order valence-electron chi connectivity index (χ2n) is 7.29. The molecule has 8 heteroatoms. The Kier molecular flexibility index (Phi) is 7.65. The molecule has 0 aliphatic carbocycles. The third-order valence-corrected chi connectivity index (χ3v) is 5.01. The van der Waals surface area contributed by atoms with Crippen LogP contribution in [0.2, 0.25) is 5.02 Å². The summed E-state index contributed by atoms with van der Waals surface area (Å²) in [4.78, 5) is 31.6. The normalized spacial score (nSPS) is 15.0. The number of morpholine rings is 1. The van der Waals surface area contributed by atoms with E-state index in [1.54, 1.807) is 38.1 Å². The maximum Gasteiger partial charge on any atom is 0.308 e. The van der Waals surface area contributed by atoms with Gasteiger partial charge in [-0.1, -0.05) is 29.8 Å². The number of halogens is 1. The number of benzene rings is 1. The highest BCUT2D eigenvalue weighted by Gasteiger charge is 2.23. The first-order chi connectivity index (χ1) is 14.4. The number of carbonyl (C=O) groups is 2. The van der Waals surface area contributed by atoms with Crippen molar-refractivity contribution < 1.29 is 19.1 Å². The average Bonchev–Trinajstić information content (AvgIpc) is 2.74. The predicted molar refractivity (Wildman–Crippen MR) is 115 cm³/mol. The molecule has 1 N–H and O–H groups in total. The number of hydrogen-bond acceptors (Lipinski definition) is 6. The van der Waals surface area contributed by atoms with Gasteiger partial charge in [0.15, 0.2) is 0 Å². The van der Waals surface area contributed by atoms with Crippen LogP contribution in [0.1, 0.15) is 42.2 Å². The van der Waals surface area contributed by atoms with Crippen LogP contribution >= 0.6 is 11.6 Å². The molecule has 1 aromatic carbocycles. The van der Waals surface area contributed by atoms with Crippen molar-refractivity contribution in [3.8, 4) is 0 Å². The molecule has 2 heterocycles. The van der Waals surface area contributed by atoms with E-state index in [1.807, 2.05) is 12.1 Å². The molecule has 3 rings (SSSR count). The molecule has 1 aliphatic heterocycles. The van der Waals surface area contributed by atoms with Crippen molar-refractivity contribution in [2.24, 2.45) is 0 Å². The highest BCUT2D eigenvalue weighted by Crippen LogP contribution is 2.26. The molecule has 0 radical (unpaired) electrons. The van der Waals surface area contributed by atoms with E-state index in [0.29, 0.717) is 29.4 Å². The van der Waals surface area contributed by atoms with E-state index in [-0.39, 0.29) is 18.4 Å². The summed E-state index contributed by atoms with van der Waals surface area (Å²) in [6.45, 7) is 6.42. The second kappa shape index (κ2) is 10.4. The Morgan fingerprint density at radius 1 is 1.20 bits per heavy atom. The van der Waals surface area contributed by atoms with Crippen molar-refractivity contribution in [3.63, 3.8) is 0 Å². The SMILES string of the molecule is CC(C)OC(=O)CC(NC(=O)c1ccc(N2CCOCC2)nc1)c1ccccc1Cl. The van der Waals surface area contributed by atoms with E-state index in [9.17, 15) is 9.59 Å². The van der Waals surface area contributed by atoms with Crippen LogP contribution in [0.3, 0.4) is 0 Å². The Labute approximate surface area is 181 Å². The minimum Gasteiger partial charge on any atom is -0.463 e. The van der Waals surface area contributed by atoms with Gasteiger partial charge in [-0.15, -0.1) is 0 Å². The van der Waals surface area contributed by atoms with Gasteiger partial charge in [0.2, 0.25) is 0 Å². The Bertz CT molecular complexity index is 867. The second-order valence-corrected chi connectivity index (χ2v) is 7.70. The van der Waals surface area contributed by atoms with Gasteiger partial charge < -0.3 is 19.7 Å². The van der Waals surface area contributed by atoms with E-state index in [2.05, 4.69) is 15.2 Å². The number of carbonyl (C=O) groups excluding carboxylic acids is 2. The smallest absolute Gasteiger partial charge is 0.308 e. The van der Waals surface area contributed by atoms with Crippen molar-refractivity contribution in [3.05, 3.63) is 58.7 Å². The number of ether oxygens (including phenoxy) is 2. The number of nitrogens with zero attached hydrogens (tertiary/aromatic N) is 2. The zero-order chi connectivity index (χ0) is 21.5. The summed E-state index contributed by atoms with van der Waals surface area (Å²) in [5.74, 6) is 0.0623. The van der Waals surface area contributed by atoms with Crippen LogP contribution in [-0.2, 0) is 14.3 Å². The minimum atomic E-state index is -0.614. The average molecular weight is 432 g/mol. The molecule has 160 valence electrons. The third-order valence-electron chi connectivity index (χ3n) is 4.67. The van der Waals surface area contributed by atoms with Crippen molar-refractivity contribution in [2.45, 2.75) is 32.4 Å². The van der Waals surface area contributed by atoms with E-state index in [1.165, 1.54) is 6.20 Å². The highest BCUT2D eigenvalue weighted by molar-refractivity contribution is 6.31. The lowest BCUT2D eigenvalue weighted by Gasteiger charge is -2.27. The Hall–Kier alpha value is -2.64. The summed E-state index contributed by atoms with van der Waals surface area (Å²) in [6.07, 6.45) is 1.28. The van der Waals surface area contributed by atoms with E-state index in [4.69, 9.17) is 21.1 Å². The zero-order valence-corrected chi connectivity index (χ0v) is 17.9. The molecule has 1 amide bonds. The van der Waals surface area contributed by atoms with E-state index < -0.39 is 12.0 Å². The topological polar surface area (TPSA) is 80.8 Å². The third kappa shape index (κ3) is 5.93. The number of esters is 1. The summed E-state index contributed by atoms with van der Waals surface area (Å²) in [5, 5.41) is 3.37. The molecule has 0 bridgehead atoms. The first-order valence-electron chi connectivity index (χ1n) is 9.97. The molecule has 0 spiro atoms. The quantitative estimate of drug-likeness (QED) is 0.677. The Morgan fingerprint density at radius 3 is 2.57 bits per heavy atom. The molecule has 1 fully saturated rings. The fourth-order valence-corrected chi connectivity index (χ4v) is 3.48. The van der Waals surface area contributed by atoms with Crippen LogP contribution in [0.5, 0.6) is 0 Å². The van der Waals surface area contributed by atoms with Gasteiger partial charge in [-0.25, -0.2) is 4.98 Å². The lowest BCUT2D eigenvalue weighted by Crippen LogP contribution is -2.36. The summed E-state index contributed by atoms with van der Waals surface area (Å²) < 4.78 is 10.6. The number of nitrogens with one attached hydrogen (secondary N) is 1. The van der Waals surface area contributed by atoms with Gasteiger partial charge in [0.05, 0.1) is 37.3 Å². The van der Waals surface area contributed by atoms with Crippen LogP contribution < -0.4 is 10.2 Å². The predicted octanol–water partition coefficient (Wildman–Crippen LogP) is 3.38. The van der Waals surface area contributed by atoms with Crippen LogP contribution in [0, 0.1) is 0 Å². The molecule has 0 saturated carbocycles. The fraction of sp³-hybridized carbons (Fsp3) is 0.409. The number of aromatic nitrogens is 1. The molecular formula is C22H26ClN3O4. The summed E-state index contributed by atoms with van der Waals surface area (Å²) in [6, 6.07) is 10.0. The summed E-state index contributed by atoms with van der Waals surface area (Å²) in [7, 11) is 0. The van der Waals surface area contributed by atoms with E-state index in [0.717, 1.165) is 18.9 Å². The number of amides is 1. The number of anilines is 1. The summed E-state index contributed by atoms with van der Waals surface area (Å²) >= 11 is 6.31. The maximum atomic E-state index is 12.9. The van der Waals surface area contributed by atoms with Crippen LogP contribution in [-0.4, -0.2) is 49.3 Å². The molecule has 1 saturated heterocycles. The summed E-state index contributed by atoms with van der Waals surface area (Å²) in [5.41, 5.74) is 1.06. The van der Waals surface area contributed by atoms with Gasteiger partial charge in [0.25, 0.3) is 5.91 Å². The van der Waals surface area contributed by atoms with Gasteiger partial charge in [0, 0.05) is 24.3 Å². The van der Waals surface area contributed by atoms with Crippen LogP contribution in [0.15, 0.2) is 42.6 Å². The number of pyridine rings is 1. The van der Waals surface area contributed by atoms with Crippen LogP contribution in [0.25, 0.3) is 0 Å². The lowest BCUT2D eigenvalue weighted by molar-refractivity contribution is -0.147.